The summed E-state index contributed by atoms with van der Waals surface area (Å²) in [6, 6.07) is 19.8. The lowest BCUT2D eigenvalue weighted by Crippen LogP contribution is -2.39. The number of ether oxygens (including phenoxy) is 3. The standard InChI is InChI=1S/C30H31N3O5/c1-4-25(32(16-7-17-36-3)29(34)21-12-15-26-27(18-21)38-19-37-26)28-31-24-9-6-5-8-23(24)30(35)33(28)22-13-10-20(2)11-14-22/h5-6,8-15,18,25H,4,7,16-17,19H2,1-3H3. The summed E-state index contributed by atoms with van der Waals surface area (Å²) in [7, 11) is 1.64. The number of carbonyl (C=O) groups excluding carboxylic acids is 1. The Morgan fingerprint density at radius 1 is 1.08 bits per heavy atom. The number of methoxy groups -OCH3 is 1. The van der Waals surface area contributed by atoms with Crippen LogP contribution in [0.2, 0.25) is 0 Å². The van der Waals surface area contributed by atoms with E-state index in [0.29, 0.717) is 65.5 Å². The SMILES string of the molecule is CCC(c1nc2ccccc2c(=O)n1-c1ccc(C)cc1)N(CCCOC)C(=O)c1ccc2c(c1)OCO2. The van der Waals surface area contributed by atoms with Crippen molar-refractivity contribution in [1.82, 2.24) is 14.5 Å². The number of carbonyl (C=O) groups is 1. The fourth-order valence-corrected chi connectivity index (χ4v) is 4.83. The summed E-state index contributed by atoms with van der Waals surface area (Å²) < 4.78 is 17.9. The number of aryl methyl sites for hydroxylation is 1. The zero-order chi connectivity index (χ0) is 26.6. The van der Waals surface area contributed by atoms with E-state index in [0.717, 1.165) is 5.56 Å². The second-order valence-electron chi connectivity index (χ2n) is 9.30. The van der Waals surface area contributed by atoms with Gasteiger partial charge in [0.05, 0.1) is 22.6 Å². The fraction of sp³-hybridized carbons (Fsp3) is 0.300. The minimum Gasteiger partial charge on any atom is -0.454 e. The summed E-state index contributed by atoms with van der Waals surface area (Å²) in [6.45, 7) is 5.06. The number of hydrogen-bond donors (Lipinski definition) is 0. The van der Waals surface area contributed by atoms with Crippen molar-refractivity contribution >= 4 is 16.8 Å². The molecule has 8 nitrogen and oxygen atoms in total. The second-order valence-corrected chi connectivity index (χ2v) is 9.30. The molecule has 0 radical (unpaired) electrons. The van der Waals surface area contributed by atoms with Crippen LogP contribution in [-0.2, 0) is 4.74 Å². The van der Waals surface area contributed by atoms with Crippen molar-refractivity contribution in [2.45, 2.75) is 32.7 Å². The average molecular weight is 514 g/mol. The lowest BCUT2D eigenvalue weighted by atomic mass is 10.1. The van der Waals surface area contributed by atoms with Gasteiger partial charge in [-0.2, -0.15) is 0 Å². The molecule has 0 saturated carbocycles. The van der Waals surface area contributed by atoms with Gasteiger partial charge >= 0.3 is 0 Å². The zero-order valence-corrected chi connectivity index (χ0v) is 21.8. The highest BCUT2D eigenvalue weighted by molar-refractivity contribution is 5.95. The number of hydrogen-bond acceptors (Lipinski definition) is 6. The van der Waals surface area contributed by atoms with Crippen LogP contribution in [-0.4, -0.2) is 47.4 Å². The molecule has 2 heterocycles. The first kappa shape index (κ1) is 25.5. The van der Waals surface area contributed by atoms with E-state index in [2.05, 4.69) is 0 Å². The lowest BCUT2D eigenvalue weighted by Gasteiger charge is -2.32. The topological polar surface area (TPSA) is 82.9 Å². The third kappa shape index (κ3) is 4.87. The molecule has 38 heavy (non-hydrogen) atoms. The van der Waals surface area contributed by atoms with Crippen LogP contribution in [0.3, 0.4) is 0 Å². The summed E-state index contributed by atoms with van der Waals surface area (Å²) in [4.78, 5) is 34.7. The number of nitrogens with zero attached hydrogens (tertiary/aromatic N) is 3. The van der Waals surface area contributed by atoms with Gasteiger partial charge in [0.1, 0.15) is 5.82 Å². The summed E-state index contributed by atoms with van der Waals surface area (Å²) in [5.41, 5.74) is 2.71. The van der Waals surface area contributed by atoms with Gasteiger partial charge in [-0.05, 0) is 62.2 Å². The monoisotopic (exact) mass is 513 g/mol. The molecular formula is C30H31N3O5. The molecule has 1 aromatic heterocycles. The Balaban J connectivity index is 1.66. The molecule has 1 unspecified atom stereocenters. The summed E-state index contributed by atoms with van der Waals surface area (Å²) in [5.74, 6) is 1.50. The van der Waals surface area contributed by atoms with Crippen molar-refractivity contribution in [2.75, 3.05) is 27.1 Å². The summed E-state index contributed by atoms with van der Waals surface area (Å²) in [6.07, 6.45) is 1.19. The first-order valence-electron chi connectivity index (χ1n) is 12.8. The molecule has 0 N–H and O–H groups in total. The Morgan fingerprint density at radius 2 is 1.84 bits per heavy atom. The third-order valence-electron chi connectivity index (χ3n) is 6.78. The number of benzene rings is 3. The van der Waals surface area contributed by atoms with Crippen LogP contribution in [0.5, 0.6) is 11.5 Å². The van der Waals surface area contributed by atoms with Crippen LogP contribution in [0.25, 0.3) is 16.6 Å². The fourth-order valence-electron chi connectivity index (χ4n) is 4.83. The molecule has 0 aliphatic carbocycles. The van der Waals surface area contributed by atoms with E-state index < -0.39 is 6.04 Å². The Morgan fingerprint density at radius 3 is 2.61 bits per heavy atom. The van der Waals surface area contributed by atoms with Crippen LogP contribution in [0.4, 0.5) is 0 Å². The minimum absolute atomic E-state index is 0.131. The van der Waals surface area contributed by atoms with E-state index in [1.807, 2.05) is 56.3 Å². The van der Waals surface area contributed by atoms with E-state index in [-0.39, 0.29) is 18.3 Å². The predicted octanol–water partition coefficient (Wildman–Crippen LogP) is 5.05. The Labute approximate surface area is 221 Å². The van der Waals surface area contributed by atoms with Crippen molar-refractivity contribution in [3.05, 3.63) is 94.0 Å². The molecule has 1 atom stereocenters. The van der Waals surface area contributed by atoms with Crippen LogP contribution >= 0.6 is 0 Å². The molecule has 3 aromatic carbocycles. The normalized spacial score (nSPS) is 13.0. The number of para-hydroxylation sites is 1. The molecule has 0 bridgehead atoms. The molecule has 1 amide bonds. The van der Waals surface area contributed by atoms with E-state index in [1.165, 1.54) is 0 Å². The smallest absolute Gasteiger partial charge is 0.266 e. The highest BCUT2D eigenvalue weighted by atomic mass is 16.7. The van der Waals surface area contributed by atoms with Gasteiger partial charge in [-0.15, -0.1) is 0 Å². The van der Waals surface area contributed by atoms with Gasteiger partial charge in [0.25, 0.3) is 11.5 Å². The largest absolute Gasteiger partial charge is 0.454 e. The van der Waals surface area contributed by atoms with E-state index in [9.17, 15) is 9.59 Å². The third-order valence-corrected chi connectivity index (χ3v) is 6.78. The van der Waals surface area contributed by atoms with E-state index in [1.54, 1.807) is 40.8 Å². The first-order chi connectivity index (χ1) is 18.5. The maximum Gasteiger partial charge on any atom is 0.266 e. The molecule has 0 saturated heterocycles. The van der Waals surface area contributed by atoms with E-state index in [4.69, 9.17) is 19.2 Å². The van der Waals surface area contributed by atoms with Crippen molar-refractivity contribution in [2.24, 2.45) is 0 Å². The van der Waals surface area contributed by atoms with Gasteiger partial charge in [0, 0.05) is 25.8 Å². The Kier molecular flexibility index (Phi) is 7.42. The van der Waals surface area contributed by atoms with Gasteiger partial charge in [0.15, 0.2) is 11.5 Å². The molecule has 1 aliphatic heterocycles. The van der Waals surface area contributed by atoms with Gasteiger partial charge < -0.3 is 19.1 Å². The molecule has 0 spiro atoms. The predicted molar refractivity (Wildman–Crippen MR) is 145 cm³/mol. The molecule has 1 aliphatic rings. The van der Waals surface area contributed by atoms with Crippen LogP contribution in [0.15, 0.2) is 71.5 Å². The molecular weight excluding hydrogens is 482 g/mol. The molecule has 5 rings (SSSR count). The number of amides is 1. The van der Waals surface area contributed by atoms with Crippen LogP contribution < -0.4 is 15.0 Å². The Bertz CT molecular complexity index is 1510. The molecule has 4 aromatic rings. The highest BCUT2D eigenvalue weighted by Crippen LogP contribution is 2.34. The average Bonchev–Trinajstić information content (AvgIpc) is 3.41. The zero-order valence-electron chi connectivity index (χ0n) is 21.8. The minimum atomic E-state index is -0.469. The molecule has 8 heteroatoms. The number of rotatable bonds is 9. The van der Waals surface area contributed by atoms with Crippen molar-refractivity contribution in [3.63, 3.8) is 0 Å². The van der Waals surface area contributed by atoms with Crippen molar-refractivity contribution < 1.29 is 19.0 Å². The number of fused-ring (bicyclic) bond motifs is 2. The molecule has 196 valence electrons. The molecule has 0 fully saturated rings. The highest BCUT2D eigenvalue weighted by Gasteiger charge is 2.30. The maximum absolute atomic E-state index is 14.0. The lowest BCUT2D eigenvalue weighted by molar-refractivity contribution is 0.0634. The van der Waals surface area contributed by atoms with Crippen molar-refractivity contribution in [3.8, 4) is 17.2 Å². The second kappa shape index (κ2) is 11.1. The maximum atomic E-state index is 14.0. The van der Waals surface area contributed by atoms with Gasteiger partial charge in [-0.3, -0.25) is 14.2 Å². The quantitative estimate of drug-likeness (QED) is 0.291. The number of aromatic nitrogens is 2. The van der Waals surface area contributed by atoms with E-state index >= 15 is 0 Å². The van der Waals surface area contributed by atoms with Gasteiger partial charge in [-0.1, -0.05) is 36.8 Å². The Hall–Kier alpha value is -4.17. The van der Waals surface area contributed by atoms with Crippen LogP contribution in [0, 0.1) is 6.92 Å². The van der Waals surface area contributed by atoms with Gasteiger partial charge in [-0.25, -0.2) is 4.98 Å². The van der Waals surface area contributed by atoms with Crippen molar-refractivity contribution in [1.29, 1.82) is 0 Å². The summed E-state index contributed by atoms with van der Waals surface area (Å²) >= 11 is 0. The van der Waals surface area contributed by atoms with Gasteiger partial charge in [0.2, 0.25) is 6.79 Å². The van der Waals surface area contributed by atoms with Crippen LogP contribution in [0.1, 0.15) is 47.6 Å². The summed E-state index contributed by atoms with van der Waals surface area (Å²) in [5, 5.41) is 0.528. The first-order valence-corrected chi connectivity index (χ1v) is 12.8.